The predicted molar refractivity (Wildman–Crippen MR) is 92.1 cm³/mol. The van der Waals surface area contributed by atoms with Crippen molar-refractivity contribution in [2.45, 2.75) is 19.4 Å². The summed E-state index contributed by atoms with van der Waals surface area (Å²) in [5.74, 6) is -0.767. The minimum Gasteiger partial charge on any atom is -0.352 e. The number of benzene rings is 1. The summed E-state index contributed by atoms with van der Waals surface area (Å²) in [7, 11) is 0. The van der Waals surface area contributed by atoms with E-state index in [9.17, 15) is 9.59 Å². The number of nitrogens with one attached hydrogen (secondary N) is 2. The van der Waals surface area contributed by atoms with Crippen LogP contribution in [0.5, 0.6) is 0 Å². The Kier molecular flexibility index (Phi) is 6.52. The number of carbonyl (C=O) groups is 2. The average molecular weight is 367 g/mol. The zero-order valence-electron chi connectivity index (χ0n) is 12.9. The lowest BCUT2D eigenvalue weighted by Gasteiger charge is -2.14. The minimum absolute atomic E-state index is 0.138. The van der Waals surface area contributed by atoms with Crippen molar-refractivity contribution in [2.24, 2.45) is 0 Å². The maximum Gasteiger partial charge on any atom is 0.253 e. The molecule has 2 rings (SSSR count). The third kappa shape index (κ3) is 5.47. The molecular formula is C16H16Cl2N4O2. The third-order valence-corrected chi connectivity index (χ3v) is 3.69. The van der Waals surface area contributed by atoms with Crippen LogP contribution in [0.15, 0.2) is 36.8 Å². The molecule has 2 N–H and O–H groups in total. The molecule has 0 spiro atoms. The quantitative estimate of drug-likeness (QED) is 0.820. The van der Waals surface area contributed by atoms with Crippen molar-refractivity contribution >= 4 is 35.0 Å². The first kappa shape index (κ1) is 18.2. The number of hydrogen-bond donors (Lipinski definition) is 2. The fourth-order valence-electron chi connectivity index (χ4n) is 2.05. The first-order chi connectivity index (χ1) is 11.5. The number of aromatic nitrogens is 2. The molecule has 126 valence electrons. The molecule has 1 unspecified atom stereocenters. The van der Waals surface area contributed by atoms with Crippen LogP contribution in [0.2, 0.25) is 10.0 Å². The van der Waals surface area contributed by atoms with Gasteiger partial charge in [-0.25, -0.2) is 0 Å². The SMILES string of the molecule is CC(Cc1cnccn1)NC(=O)CNC(=O)c1cc(Cl)ccc1Cl. The van der Waals surface area contributed by atoms with Crippen LogP contribution in [-0.4, -0.2) is 34.4 Å². The van der Waals surface area contributed by atoms with E-state index in [-0.39, 0.29) is 29.1 Å². The second kappa shape index (κ2) is 8.61. The molecule has 2 aromatic rings. The van der Waals surface area contributed by atoms with Gasteiger partial charge in [0.1, 0.15) is 0 Å². The second-order valence-electron chi connectivity index (χ2n) is 5.18. The summed E-state index contributed by atoms with van der Waals surface area (Å²) in [5, 5.41) is 5.96. The lowest BCUT2D eigenvalue weighted by atomic mass is 10.2. The topological polar surface area (TPSA) is 84.0 Å². The standard InChI is InChI=1S/C16H16Cl2N4O2/c1-10(6-12-8-19-4-5-20-12)22-15(23)9-21-16(24)13-7-11(17)2-3-14(13)18/h2-5,7-8,10H,6,9H2,1H3,(H,21,24)(H,22,23). The molecule has 8 heteroatoms. The van der Waals surface area contributed by atoms with Crippen molar-refractivity contribution in [1.82, 2.24) is 20.6 Å². The largest absolute Gasteiger partial charge is 0.352 e. The van der Waals surface area contributed by atoms with Gasteiger partial charge in [-0.3, -0.25) is 19.6 Å². The molecular weight excluding hydrogens is 351 g/mol. The summed E-state index contributed by atoms with van der Waals surface area (Å²) < 4.78 is 0. The van der Waals surface area contributed by atoms with Crippen LogP contribution in [-0.2, 0) is 11.2 Å². The fourth-order valence-corrected chi connectivity index (χ4v) is 2.43. The van der Waals surface area contributed by atoms with E-state index in [0.717, 1.165) is 5.69 Å². The molecule has 0 aliphatic carbocycles. The lowest BCUT2D eigenvalue weighted by molar-refractivity contribution is -0.120. The molecule has 6 nitrogen and oxygen atoms in total. The maximum absolute atomic E-state index is 12.0. The summed E-state index contributed by atoms with van der Waals surface area (Å²) in [6.45, 7) is 1.69. The Balaban J connectivity index is 1.82. The van der Waals surface area contributed by atoms with E-state index < -0.39 is 5.91 Å². The van der Waals surface area contributed by atoms with Crippen LogP contribution < -0.4 is 10.6 Å². The number of hydrogen-bond acceptors (Lipinski definition) is 4. The number of amides is 2. The van der Waals surface area contributed by atoms with E-state index >= 15 is 0 Å². The van der Waals surface area contributed by atoms with Crippen LogP contribution in [0.1, 0.15) is 23.0 Å². The molecule has 0 fully saturated rings. The zero-order chi connectivity index (χ0) is 17.5. The van der Waals surface area contributed by atoms with Gasteiger partial charge in [-0.05, 0) is 25.1 Å². The Morgan fingerprint density at radius 2 is 2.04 bits per heavy atom. The summed E-state index contributed by atoms with van der Waals surface area (Å²) in [6.07, 6.45) is 5.38. The van der Waals surface area contributed by atoms with E-state index in [0.29, 0.717) is 11.4 Å². The summed E-state index contributed by atoms with van der Waals surface area (Å²) in [4.78, 5) is 32.1. The summed E-state index contributed by atoms with van der Waals surface area (Å²) >= 11 is 11.8. The van der Waals surface area contributed by atoms with Gasteiger partial charge >= 0.3 is 0 Å². The first-order valence-corrected chi connectivity index (χ1v) is 7.99. The highest BCUT2D eigenvalue weighted by Gasteiger charge is 2.14. The monoisotopic (exact) mass is 366 g/mol. The summed E-state index contributed by atoms with van der Waals surface area (Å²) in [5.41, 5.74) is 1.00. The van der Waals surface area contributed by atoms with E-state index in [1.165, 1.54) is 12.1 Å². The predicted octanol–water partition coefficient (Wildman–Crippen LogP) is 2.26. The smallest absolute Gasteiger partial charge is 0.253 e. The maximum atomic E-state index is 12.0. The first-order valence-electron chi connectivity index (χ1n) is 7.23. The molecule has 2 amide bonds. The van der Waals surface area contributed by atoms with E-state index in [2.05, 4.69) is 20.6 Å². The molecule has 24 heavy (non-hydrogen) atoms. The molecule has 0 aliphatic heterocycles. The second-order valence-corrected chi connectivity index (χ2v) is 6.02. The highest BCUT2D eigenvalue weighted by Crippen LogP contribution is 2.20. The molecule has 0 radical (unpaired) electrons. The molecule has 1 heterocycles. The van der Waals surface area contributed by atoms with Crippen molar-refractivity contribution in [3.63, 3.8) is 0 Å². The molecule has 0 bridgehead atoms. The Hall–Kier alpha value is -2.18. The number of halogens is 2. The molecule has 0 saturated carbocycles. The highest BCUT2D eigenvalue weighted by molar-refractivity contribution is 6.35. The van der Waals surface area contributed by atoms with Crippen molar-refractivity contribution in [3.05, 3.63) is 58.1 Å². The highest BCUT2D eigenvalue weighted by atomic mass is 35.5. The van der Waals surface area contributed by atoms with Crippen molar-refractivity contribution < 1.29 is 9.59 Å². The number of rotatable bonds is 6. The Labute approximate surface area is 149 Å². The molecule has 1 aromatic heterocycles. The van der Waals surface area contributed by atoms with Crippen molar-refractivity contribution in [2.75, 3.05) is 6.54 Å². The van der Waals surface area contributed by atoms with Gasteiger partial charge in [0.25, 0.3) is 5.91 Å². The van der Waals surface area contributed by atoms with E-state index in [1.807, 2.05) is 6.92 Å². The Bertz CT molecular complexity index is 725. The number of carbonyl (C=O) groups excluding carboxylic acids is 2. The van der Waals surface area contributed by atoms with Crippen molar-refractivity contribution in [3.8, 4) is 0 Å². The van der Waals surface area contributed by atoms with Crippen LogP contribution >= 0.6 is 23.2 Å². The fraction of sp³-hybridized carbons (Fsp3) is 0.250. The lowest BCUT2D eigenvalue weighted by Crippen LogP contribution is -2.41. The van der Waals surface area contributed by atoms with Gasteiger partial charge in [0.15, 0.2) is 0 Å². The Morgan fingerprint density at radius 1 is 1.25 bits per heavy atom. The van der Waals surface area contributed by atoms with Crippen molar-refractivity contribution in [1.29, 1.82) is 0 Å². The number of nitrogens with zero attached hydrogens (tertiary/aromatic N) is 2. The van der Waals surface area contributed by atoms with E-state index in [1.54, 1.807) is 24.7 Å². The van der Waals surface area contributed by atoms with Crippen LogP contribution in [0.25, 0.3) is 0 Å². The minimum atomic E-state index is -0.459. The molecule has 1 aromatic carbocycles. The van der Waals surface area contributed by atoms with Gasteiger partial charge < -0.3 is 10.6 Å². The van der Waals surface area contributed by atoms with Gasteiger partial charge in [0.2, 0.25) is 5.91 Å². The van der Waals surface area contributed by atoms with Gasteiger partial charge in [0, 0.05) is 36.1 Å². The van der Waals surface area contributed by atoms with Crippen LogP contribution in [0, 0.1) is 0 Å². The van der Waals surface area contributed by atoms with Gasteiger partial charge in [-0.2, -0.15) is 0 Å². The zero-order valence-corrected chi connectivity index (χ0v) is 14.4. The molecule has 0 aliphatic rings. The van der Waals surface area contributed by atoms with Gasteiger partial charge in [-0.1, -0.05) is 23.2 Å². The normalized spacial score (nSPS) is 11.6. The van der Waals surface area contributed by atoms with Crippen LogP contribution in [0.3, 0.4) is 0 Å². The van der Waals surface area contributed by atoms with Crippen LogP contribution in [0.4, 0.5) is 0 Å². The van der Waals surface area contributed by atoms with Gasteiger partial charge in [-0.15, -0.1) is 0 Å². The third-order valence-electron chi connectivity index (χ3n) is 3.12. The Morgan fingerprint density at radius 3 is 2.75 bits per heavy atom. The molecule has 1 atom stereocenters. The average Bonchev–Trinajstić information content (AvgIpc) is 2.55. The van der Waals surface area contributed by atoms with E-state index in [4.69, 9.17) is 23.2 Å². The summed E-state index contributed by atoms with van der Waals surface area (Å²) in [6, 6.07) is 4.43. The van der Waals surface area contributed by atoms with Gasteiger partial charge in [0.05, 0.1) is 22.8 Å². The molecule has 0 saturated heterocycles.